The topological polar surface area (TPSA) is 50.5 Å². The number of nitrogens with zero attached hydrogens (tertiary/aromatic N) is 4. The van der Waals surface area contributed by atoms with E-state index in [9.17, 15) is 4.79 Å². The Morgan fingerprint density at radius 1 is 1.40 bits per heavy atom. The van der Waals surface area contributed by atoms with Crippen LogP contribution >= 0.6 is 11.3 Å². The van der Waals surface area contributed by atoms with Gasteiger partial charge < -0.3 is 4.90 Å². The number of aryl methyl sites for hydroxylation is 1. The maximum absolute atomic E-state index is 12.0. The number of hydrogen-bond donors (Lipinski definition) is 0. The molecule has 0 aliphatic heterocycles. The third-order valence-electron chi connectivity index (χ3n) is 3.53. The molecule has 0 saturated carbocycles. The fourth-order valence-corrected chi connectivity index (χ4v) is 3.00. The van der Waals surface area contributed by atoms with Crippen LogP contribution in [0.15, 0.2) is 10.9 Å². The van der Waals surface area contributed by atoms with E-state index in [1.165, 1.54) is 15.9 Å². The number of aromatic nitrogens is 3. The van der Waals surface area contributed by atoms with Crippen LogP contribution in [0.5, 0.6) is 0 Å². The SMILES string of the molecule is CCc1cc(=O)n2nc(N(CC)CC(C)CC)sc2n1. The predicted molar refractivity (Wildman–Crippen MR) is 83.9 cm³/mol. The van der Waals surface area contributed by atoms with Crippen LogP contribution in [0.1, 0.15) is 39.8 Å². The van der Waals surface area contributed by atoms with Gasteiger partial charge in [0.15, 0.2) is 0 Å². The summed E-state index contributed by atoms with van der Waals surface area (Å²) < 4.78 is 1.42. The first kappa shape index (κ1) is 15.0. The molecule has 0 spiro atoms. The Morgan fingerprint density at radius 2 is 2.15 bits per heavy atom. The first-order valence-corrected chi connectivity index (χ1v) is 8.05. The molecule has 0 bridgehead atoms. The third-order valence-corrected chi connectivity index (χ3v) is 4.50. The molecule has 0 aromatic carbocycles. The molecule has 0 amide bonds. The zero-order valence-corrected chi connectivity index (χ0v) is 13.4. The summed E-state index contributed by atoms with van der Waals surface area (Å²) in [5.74, 6) is 0.609. The maximum Gasteiger partial charge on any atom is 0.275 e. The molecule has 0 N–H and O–H groups in total. The Bertz CT molecular complexity index is 634. The molecule has 0 saturated heterocycles. The highest BCUT2D eigenvalue weighted by atomic mass is 32.1. The summed E-state index contributed by atoms with van der Waals surface area (Å²) in [7, 11) is 0. The molecular formula is C14H22N4OS. The van der Waals surface area contributed by atoms with E-state index >= 15 is 0 Å². The molecule has 20 heavy (non-hydrogen) atoms. The van der Waals surface area contributed by atoms with E-state index in [4.69, 9.17) is 0 Å². The van der Waals surface area contributed by atoms with Crippen LogP contribution in [0, 0.1) is 5.92 Å². The van der Waals surface area contributed by atoms with Gasteiger partial charge in [0, 0.05) is 24.8 Å². The molecule has 2 heterocycles. The second-order valence-corrected chi connectivity index (χ2v) is 6.00. The lowest BCUT2D eigenvalue weighted by Crippen LogP contribution is -2.28. The van der Waals surface area contributed by atoms with Crippen molar-refractivity contribution in [1.82, 2.24) is 14.6 Å². The molecule has 2 aromatic rings. The van der Waals surface area contributed by atoms with Gasteiger partial charge in [-0.15, -0.1) is 5.10 Å². The van der Waals surface area contributed by atoms with Gasteiger partial charge in [-0.25, -0.2) is 4.98 Å². The highest BCUT2D eigenvalue weighted by Crippen LogP contribution is 2.22. The van der Waals surface area contributed by atoms with E-state index in [0.717, 1.165) is 36.8 Å². The average Bonchev–Trinajstić information content (AvgIpc) is 2.88. The summed E-state index contributed by atoms with van der Waals surface area (Å²) in [5.41, 5.74) is 0.740. The van der Waals surface area contributed by atoms with Crippen molar-refractivity contribution < 1.29 is 0 Å². The Kier molecular flexibility index (Phi) is 4.75. The second kappa shape index (κ2) is 6.35. The molecule has 0 radical (unpaired) electrons. The number of anilines is 1. The second-order valence-electron chi connectivity index (χ2n) is 5.07. The molecule has 1 unspecified atom stereocenters. The number of fused-ring (bicyclic) bond motifs is 1. The minimum atomic E-state index is -0.0889. The summed E-state index contributed by atoms with van der Waals surface area (Å²) in [5, 5.41) is 5.31. The van der Waals surface area contributed by atoms with Crippen molar-refractivity contribution in [2.45, 2.75) is 40.5 Å². The standard InChI is InChI=1S/C14H22N4OS/c1-5-10(4)9-17(7-3)14-16-18-12(19)8-11(6-2)15-13(18)20-14/h8,10H,5-7,9H2,1-4H3. The van der Waals surface area contributed by atoms with Crippen LogP contribution < -0.4 is 10.5 Å². The van der Waals surface area contributed by atoms with Gasteiger partial charge in [-0.2, -0.15) is 4.52 Å². The Labute approximate surface area is 123 Å². The lowest BCUT2D eigenvalue weighted by molar-refractivity contribution is 0.546. The Balaban J connectivity index is 2.39. The van der Waals surface area contributed by atoms with Gasteiger partial charge in [0.25, 0.3) is 5.56 Å². The Hall–Kier alpha value is -1.43. The zero-order valence-electron chi connectivity index (χ0n) is 12.6. The van der Waals surface area contributed by atoms with Gasteiger partial charge in [-0.05, 0) is 19.3 Å². The van der Waals surface area contributed by atoms with Crippen LogP contribution in [0.3, 0.4) is 0 Å². The van der Waals surface area contributed by atoms with Crippen molar-refractivity contribution in [3.63, 3.8) is 0 Å². The van der Waals surface area contributed by atoms with E-state index in [-0.39, 0.29) is 5.56 Å². The summed E-state index contributed by atoms with van der Waals surface area (Å²) in [6.07, 6.45) is 1.91. The van der Waals surface area contributed by atoms with Gasteiger partial charge in [-0.1, -0.05) is 38.5 Å². The molecule has 6 heteroatoms. The van der Waals surface area contributed by atoms with Gasteiger partial charge in [0.2, 0.25) is 10.1 Å². The lowest BCUT2D eigenvalue weighted by atomic mass is 10.1. The van der Waals surface area contributed by atoms with Gasteiger partial charge in [0.05, 0.1) is 0 Å². The smallest absolute Gasteiger partial charge is 0.275 e. The van der Waals surface area contributed by atoms with Gasteiger partial charge in [-0.3, -0.25) is 4.79 Å². The summed E-state index contributed by atoms with van der Waals surface area (Å²) in [6.45, 7) is 10.4. The summed E-state index contributed by atoms with van der Waals surface area (Å²) in [4.78, 5) is 19.4. The predicted octanol–water partition coefficient (Wildman–Crippen LogP) is 2.59. The maximum atomic E-state index is 12.0. The lowest BCUT2D eigenvalue weighted by Gasteiger charge is -2.22. The van der Waals surface area contributed by atoms with Crippen molar-refractivity contribution >= 4 is 21.4 Å². The largest absolute Gasteiger partial charge is 0.347 e. The fraction of sp³-hybridized carbons (Fsp3) is 0.643. The van der Waals surface area contributed by atoms with Gasteiger partial charge >= 0.3 is 0 Å². The third kappa shape index (κ3) is 3.00. The van der Waals surface area contributed by atoms with Crippen LogP contribution in [-0.4, -0.2) is 27.7 Å². The molecule has 0 aliphatic carbocycles. The van der Waals surface area contributed by atoms with Crippen molar-refractivity contribution in [2.24, 2.45) is 5.92 Å². The minimum absolute atomic E-state index is 0.0889. The monoisotopic (exact) mass is 294 g/mol. The van der Waals surface area contributed by atoms with E-state index in [2.05, 4.69) is 35.8 Å². The molecule has 0 fully saturated rings. The molecule has 5 nitrogen and oxygen atoms in total. The highest BCUT2D eigenvalue weighted by molar-refractivity contribution is 7.20. The molecule has 1 atom stereocenters. The molecule has 2 rings (SSSR count). The van der Waals surface area contributed by atoms with E-state index in [1.54, 1.807) is 6.07 Å². The number of hydrogen-bond acceptors (Lipinski definition) is 5. The van der Waals surface area contributed by atoms with E-state index < -0.39 is 0 Å². The first-order chi connectivity index (χ1) is 9.58. The zero-order chi connectivity index (χ0) is 14.7. The number of rotatable bonds is 6. The van der Waals surface area contributed by atoms with Crippen LogP contribution in [-0.2, 0) is 6.42 Å². The first-order valence-electron chi connectivity index (χ1n) is 7.23. The molecule has 110 valence electrons. The van der Waals surface area contributed by atoms with E-state index in [1.807, 2.05) is 6.92 Å². The van der Waals surface area contributed by atoms with Crippen LogP contribution in [0.2, 0.25) is 0 Å². The van der Waals surface area contributed by atoms with Crippen LogP contribution in [0.25, 0.3) is 4.96 Å². The normalized spacial score (nSPS) is 12.8. The van der Waals surface area contributed by atoms with Gasteiger partial charge in [0.1, 0.15) is 0 Å². The molecular weight excluding hydrogens is 272 g/mol. The Morgan fingerprint density at radius 3 is 2.75 bits per heavy atom. The van der Waals surface area contributed by atoms with Crippen molar-refractivity contribution in [2.75, 3.05) is 18.0 Å². The van der Waals surface area contributed by atoms with Crippen molar-refractivity contribution in [3.8, 4) is 0 Å². The summed E-state index contributed by atoms with van der Waals surface area (Å²) in [6, 6.07) is 1.57. The van der Waals surface area contributed by atoms with Crippen molar-refractivity contribution in [1.29, 1.82) is 0 Å². The summed E-state index contributed by atoms with van der Waals surface area (Å²) >= 11 is 1.49. The average molecular weight is 294 g/mol. The molecule has 0 aliphatic rings. The molecule has 2 aromatic heterocycles. The highest BCUT2D eigenvalue weighted by Gasteiger charge is 2.15. The fourth-order valence-electron chi connectivity index (χ4n) is 2.00. The van der Waals surface area contributed by atoms with E-state index in [0.29, 0.717) is 10.9 Å². The quantitative estimate of drug-likeness (QED) is 0.821. The van der Waals surface area contributed by atoms with Crippen LogP contribution in [0.4, 0.5) is 5.13 Å². The minimum Gasteiger partial charge on any atom is -0.347 e. The van der Waals surface area contributed by atoms with Crippen molar-refractivity contribution in [3.05, 3.63) is 22.1 Å².